The van der Waals surface area contributed by atoms with Gasteiger partial charge in [-0.05, 0) is 18.2 Å². The molecule has 138 valence electrons. The SMILES string of the molecule is O=C(Nc1nc2c(s1)C[NH+](Cc1ccccc1)CC2)c1cc(Br)ccc1Cl. The van der Waals surface area contributed by atoms with E-state index < -0.39 is 0 Å². The van der Waals surface area contributed by atoms with Crippen molar-refractivity contribution in [2.45, 2.75) is 19.5 Å². The third-order valence-electron chi connectivity index (χ3n) is 4.59. The summed E-state index contributed by atoms with van der Waals surface area (Å²) in [6, 6.07) is 15.8. The number of aromatic nitrogens is 1. The number of thiazole rings is 1. The average molecular weight is 464 g/mol. The largest absolute Gasteiger partial charge is 0.326 e. The van der Waals surface area contributed by atoms with Crippen LogP contribution < -0.4 is 10.2 Å². The summed E-state index contributed by atoms with van der Waals surface area (Å²) in [6.45, 7) is 3.00. The molecule has 27 heavy (non-hydrogen) atoms. The van der Waals surface area contributed by atoms with Crippen LogP contribution >= 0.6 is 38.9 Å². The number of nitrogens with zero attached hydrogens (tertiary/aromatic N) is 1. The Morgan fingerprint density at radius 3 is 2.89 bits per heavy atom. The van der Waals surface area contributed by atoms with E-state index in [0.29, 0.717) is 15.7 Å². The standard InChI is InChI=1S/C20H17BrClN3OS/c21-14-6-7-16(22)15(10-14)19(26)24-20-23-17-8-9-25(12-18(17)27-20)11-13-4-2-1-3-5-13/h1-7,10H,8-9,11-12H2,(H,23,24,26)/p+1. The van der Waals surface area contributed by atoms with Crippen molar-refractivity contribution in [2.75, 3.05) is 11.9 Å². The van der Waals surface area contributed by atoms with E-state index in [4.69, 9.17) is 11.6 Å². The molecule has 2 N–H and O–H groups in total. The number of fused-ring (bicyclic) bond motifs is 1. The topological polar surface area (TPSA) is 46.4 Å². The summed E-state index contributed by atoms with van der Waals surface area (Å²) >= 11 is 11.1. The number of hydrogen-bond acceptors (Lipinski definition) is 3. The van der Waals surface area contributed by atoms with E-state index in [2.05, 4.69) is 50.5 Å². The molecule has 1 aliphatic rings. The van der Waals surface area contributed by atoms with E-state index in [0.717, 1.165) is 36.2 Å². The third kappa shape index (κ3) is 4.41. The monoisotopic (exact) mass is 462 g/mol. The molecule has 0 radical (unpaired) electrons. The number of quaternary nitrogens is 1. The van der Waals surface area contributed by atoms with Crippen LogP contribution in [0.4, 0.5) is 5.13 Å². The summed E-state index contributed by atoms with van der Waals surface area (Å²) in [6.07, 6.45) is 0.932. The van der Waals surface area contributed by atoms with Crippen molar-refractivity contribution in [1.82, 2.24) is 4.98 Å². The summed E-state index contributed by atoms with van der Waals surface area (Å²) in [7, 11) is 0. The first-order chi connectivity index (χ1) is 13.1. The van der Waals surface area contributed by atoms with Crippen LogP contribution in [0.2, 0.25) is 5.02 Å². The molecule has 3 aromatic rings. The highest BCUT2D eigenvalue weighted by Gasteiger charge is 2.24. The Morgan fingerprint density at radius 2 is 2.07 bits per heavy atom. The molecule has 1 atom stereocenters. The maximum Gasteiger partial charge on any atom is 0.258 e. The van der Waals surface area contributed by atoms with Crippen molar-refractivity contribution in [3.8, 4) is 0 Å². The number of anilines is 1. The van der Waals surface area contributed by atoms with E-state index in [1.165, 1.54) is 15.3 Å². The van der Waals surface area contributed by atoms with Gasteiger partial charge in [0, 0.05) is 16.5 Å². The number of benzene rings is 2. The van der Waals surface area contributed by atoms with Gasteiger partial charge in [0.1, 0.15) is 13.1 Å². The second kappa shape index (κ2) is 8.10. The molecule has 1 unspecified atom stereocenters. The summed E-state index contributed by atoms with van der Waals surface area (Å²) in [5, 5.41) is 3.97. The first kappa shape index (κ1) is 18.6. The molecule has 2 aromatic carbocycles. The fourth-order valence-corrected chi connectivity index (χ4v) is 4.89. The van der Waals surface area contributed by atoms with Crippen molar-refractivity contribution >= 4 is 49.9 Å². The van der Waals surface area contributed by atoms with Crippen molar-refractivity contribution in [3.05, 3.63) is 79.7 Å². The Balaban J connectivity index is 1.45. The lowest BCUT2D eigenvalue weighted by Gasteiger charge is -2.22. The van der Waals surface area contributed by atoms with Crippen molar-refractivity contribution in [3.63, 3.8) is 0 Å². The number of nitrogens with one attached hydrogen (secondary N) is 2. The van der Waals surface area contributed by atoms with E-state index in [9.17, 15) is 4.79 Å². The van der Waals surface area contributed by atoms with Gasteiger partial charge in [-0.2, -0.15) is 0 Å². The zero-order valence-corrected chi connectivity index (χ0v) is 17.6. The van der Waals surface area contributed by atoms with Crippen molar-refractivity contribution in [1.29, 1.82) is 0 Å². The van der Waals surface area contributed by atoms with E-state index in [1.807, 2.05) is 12.1 Å². The van der Waals surface area contributed by atoms with E-state index in [1.54, 1.807) is 23.5 Å². The van der Waals surface area contributed by atoms with Gasteiger partial charge in [-0.15, -0.1) is 0 Å². The molecule has 2 heterocycles. The maximum absolute atomic E-state index is 12.6. The highest BCUT2D eigenvalue weighted by atomic mass is 79.9. The Kier molecular flexibility index (Phi) is 5.59. The fraction of sp³-hybridized carbons (Fsp3) is 0.200. The molecular formula is C20H18BrClN3OS+. The summed E-state index contributed by atoms with van der Waals surface area (Å²) in [4.78, 5) is 20.0. The van der Waals surface area contributed by atoms with Gasteiger partial charge < -0.3 is 4.90 Å². The Labute approximate surface area is 175 Å². The first-order valence-corrected chi connectivity index (χ1v) is 10.7. The summed E-state index contributed by atoms with van der Waals surface area (Å²) < 4.78 is 0.815. The number of carbonyl (C=O) groups excluding carboxylic acids is 1. The minimum atomic E-state index is -0.235. The smallest absolute Gasteiger partial charge is 0.258 e. The Morgan fingerprint density at radius 1 is 1.26 bits per heavy atom. The van der Waals surface area contributed by atoms with Crippen LogP contribution in [-0.2, 0) is 19.5 Å². The van der Waals surface area contributed by atoms with Crippen LogP contribution in [0.25, 0.3) is 0 Å². The van der Waals surface area contributed by atoms with Gasteiger partial charge in [-0.1, -0.05) is 69.2 Å². The highest BCUT2D eigenvalue weighted by Crippen LogP contribution is 2.27. The highest BCUT2D eigenvalue weighted by molar-refractivity contribution is 9.10. The van der Waals surface area contributed by atoms with Crippen LogP contribution in [0.1, 0.15) is 26.5 Å². The lowest BCUT2D eigenvalue weighted by Crippen LogP contribution is -3.10. The van der Waals surface area contributed by atoms with Crippen LogP contribution in [0.3, 0.4) is 0 Å². The van der Waals surface area contributed by atoms with Crippen LogP contribution in [0, 0.1) is 0 Å². The van der Waals surface area contributed by atoms with Crippen LogP contribution in [0.5, 0.6) is 0 Å². The average Bonchev–Trinajstić information content (AvgIpc) is 3.06. The molecule has 0 fully saturated rings. The second-order valence-electron chi connectivity index (χ2n) is 6.56. The normalized spacial score (nSPS) is 16.0. The zero-order chi connectivity index (χ0) is 18.8. The lowest BCUT2D eigenvalue weighted by atomic mass is 10.1. The van der Waals surface area contributed by atoms with Crippen LogP contribution in [-0.4, -0.2) is 17.4 Å². The molecule has 1 aliphatic heterocycles. The quantitative estimate of drug-likeness (QED) is 0.615. The van der Waals surface area contributed by atoms with Crippen LogP contribution in [0.15, 0.2) is 53.0 Å². The molecule has 0 aliphatic carbocycles. The number of halogens is 2. The van der Waals surface area contributed by atoms with Gasteiger partial charge in [0.15, 0.2) is 5.13 Å². The Bertz CT molecular complexity index is 977. The van der Waals surface area contributed by atoms with Gasteiger partial charge in [0.25, 0.3) is 5.91 Å². The summed E-state index contributed by atoms with van der Waals surface area (Å²) in [5.41, 5.74) is 2.89. The van der Waals surface area contributed by atoms with Gasteiger partial charge in [0.2, 0.25) is 0 Å². The minimum Gasteiger partial charge on any atom is -0.326 e. The predicted octanol–water partition coefficient (Wildman–Crippen LogP) is 3.95. The molecule has 1 amide bonds. The lowest BCUT2D eigenvalue weighted by molar-refractivity contribution is -0.929. The molecule has 0 spiro atoms. The van der Waals surface area contributed by atoms with E-state index >= 15 is 0 Å². The van der Waals surface area contributed by atoms with E-state index in [-0.39, 0.29) is 5.91 Å². The number of rotatable bonds is 4. The number of carbonyl (C=O) groups is 1. The summed E-state index contributed by atoms with van der Waals surface area (Å²) in [5.74, 6) is -0.235. The molecule has 1 aromatic heterocycles. The predicted molar refractivity (Wildman–Crippen MR) is 113 cm³/mol. The second-order valence-corrected chi connectivity index (χ2v) is 8.96. The molecule has 0 saturated carbocycles. The Hall–Kier alpha value is -1.73. The maximum atomic E-state index is 12.6. The van der Waals surface area contributed by atoms with Gasteiger partial charge >= 0.3 is 0 Å². The zero-order valence-electron chi connectivity index (χ0n) is 14.5. The molecule has 4 nitrogen and oxygen atoms in total. The molecule has 7 heteroatoms. The minimum absolute atomic E-state index is 0.235. The van der Waals surface area contributed by atoms with Crippen molar-refractivity contribution in [2.24, 2.45) is 0 Å². The number of hydrogen-bond donors (Lipinski definition) is 2. The molecule has 4 rings (SSSR count). The van der Waals surface area contributed by atoms with Gasteiger partial charge in [-0.25, -0.2) is 4.98 Å². The fourth-order valence-electron chi connectivity index (χ4n) is 3.25. The molecular weight excluding hydrogens is 446 g/mol. The van der Waals surface area contributed by atoms with Gasteiger partial charge in [-0.3, -0.25) is 10.1 Å². The first-order valence-electron chi connectivity index (χ1n) is 8.71. The van der Waals surface area contributed by atoms with Gasteiger partial charge in [0.05, 0.1) is 27.7 Å². The van der Waals surface area contributed by atoms with Crippen molar-refractivity contribution < 1.29 is 9.69 Å². The third-order valence-corrected chi connectivity index (χ3v) is 6.43. The molecule has 0 saturated heterocycles. The number of amides is 1. The molecule has 0 bridgehead atoms.